The minimum atomic E-state index is 0.444. The van der Waals surface area contributed by atoms with Crippen LogP contribution in [0.2, 0.25) is 5.02 Å². The first kappa shape index (κ1) is 21.6. The number of hydrogen-bond donors (Lipinski definition) is 1. The highest BCUT2D eigenvalue weighted by Gasteiger charge is 2.11. The van der Waals surface area contributed by atoms with Gasteiger partial charge in [0.05, 0.1) is 37.0 Å². The summed E-state index contributed by atoms with van der Waals surface area (Å²) in [5.74, 6) is 1.26. The van der Waals surface area contributed by atoms with Gasteiger partial charge in [-0.15, -0.1) is 0 Å². The van der Waals surface area contributed by atoms with E-state index in [9.17, 15) is 0 Å². The summed E-state index contributed by atoms with van der Waals surface area (Å²) in [5, 5.41) is 6.44. The summed E-state index contributed by atoms with van der Waals surface area (Å²) in [6.07, 6.45) is 3.26. The number of pyridine rings is 1. The number of fused-ring (bicyclic) bond motifs is 2. The van der Waals surface area contributed by atoms with Crippen LogP contribution in [0.1, 0.15) is 19.3 Å². The predicted molar refractivity (Wildman–Crippen MR) is 120 cm³/mol. The van der Waals surface area contributed by atoms with Gasteiger partial charge in [-0.3, -0.25) is 0 Å². The number of anilines is 1. The maximum absolute atomic E-state index is 6.20. The molecule has 2 aromatic carbocycles. The number of nitrogens with zero attached hydrogens (tertiary/aromatic N) is 1. The molecule has 0 aliphatic carbocycles. The Bertz CT molecular complexity index is 942. The van der Waals surface area contributed by atoms with Gasteiger partial charge in [0.25, 0.3) is 0 Å². The zero-order valence-electron chi connectivity index (χ0n) is 17.3. The molecule has 1 heterocycles. The van der Waals surface area contributed by atoms with E-state index in [1.165, 1.54) is 0 Å². The Hall–Kier alpha value is -2.08. The molecule has 0 radical (unpaired) electrons. The van der Waals surface area contributed by atoms with Crippen molar-refractivity contribution in [3.63, 3.8) is 0 Å². The van der Waals surface area contributed by atoms with Crippen LogP contribution in [0.15, 0.2) is 36.4 Å². The Morgan fingerprint density at radius 3 is 2.45 bits per heavy atom. The van der Waals surface area contributed by atoms with Crippen molar-refractivity contribution in [3.05, 3.63) is 41.4 Å². The van der Waals surface area contributed by atoms with Crippen molar-refractivity contribution < 1.29 is 14.2 Å². The highest BCUT2D eigenvalue weighted by Crippen LogP contribution is 2.34. The van der Waals surface area contributed by atoms with Crippen molar-refractivity contribution >= 4 is 39.1 Å². The van der Waals surface area contributed by atoms with Crippen molar-refractivity contribution in [2.24, 2.45) is 5.92 Å². The third-order valence-electron chi connectivity index (χ3n) is 5.09. The van der Waals surface area contributed by atoms with Crippen LogP contribution >= 0.6 is 11.6 Å². The largest absolute Gasteiger partial charge is 0.497 e. The van der Waals surface area contributed by atoms with E-state index in [0.717, 1.165) is 72.3 Å². The minimum absolute atomic E-state index is 0.444. The smallest absolute Gasteiger partial charge is 0.119 e. The predicted octanol–water partition coefficient (Wildman–Crippen LogP) is 5.54. The molecular formula is C23H29ClN2O3. The van der Waals surface area contributed by atoms with Gasteiger partial charge < -0.3 is 19.5 Å². The maximum atomic E-state index is 6.20. The van der Waals surface area contributed by atoms with Gasteiger partial charge in [-0.05, 0) is 49.2 Å². The van der Waals surface area contributed by atoms with E-state index in [-0.39, 0.29) is 0 Å². The van der Waals surface area contributed by atoms with Gasteiger partial charge in [-0.2, -0.15) is 0 Å². The molecule has 1 N–H and O–H groups in total. The van der Waals surface area contributed by atoms with E-state index in [2.05, 4.69) is 5.32 Å². The Morgan fingerprint density at radius 1 is 0.931 bits per heavy atom. The van der Waals surface area contributed by atoms with Crippen LogP contribution < -0.4 is 10.1 Å². The number of halogens is 1. The number of ether oxygens (including phenoxy) is 3. The first-order chi connectivity index (χ1) is 14.2. The van der Waals surface area contributed by atoms with Gasteiger partial charge in [0.15, 0.2) is 0 Å². The lowest BCUT2D eigenvalue weighted by Crippen LogP contribution is -2.15. The lowest BCUT2D eigenvalue weighted by atomic mass is 10.0. The second-order valence-electron chi connectivity index (χ2n) is 7.23. The van der Waals surface area contributed by atoms with Crippen molar-refractivity contribution in [2.75, 3.05) is 46.4 Å². The molecule has 5 nitrogen and oxygen atoms in total. The molecule has 0 saturated heterocycles. The van der Waals surface area contributed by atoms with Crippen molar-refractivity contribution in [2.45, 2.75) is 19.3 Å². The van der Waals surface area contributed by atoms with Gasteiger partial charge in [0, 0.05) is 42.5 Å². The standard InChI is InChI=1S/C23H29ClN2O3/c1-27-14-16(15-28-2)6-4-5-11-25-23-19-9-7-17(24)12-22(19)26-21-10-8-18(29-3)13-20(21)23/h7-10,12-13,16H,4-6,11,14-15H2,1-3H3,(H,25,26). The molecular weight excluding hydrogens is 388 g/mol. The summed E-state index contributed by atoms with van der Waals surface area (Å²) in [6, 6.07) is 11.8. The highest BCUT2D eigenvalue weighted by atomic mass is 35.5. The summed E-state index contributed by atoms with van der Waals surface area (Å²) in [5.41, 5.74) is 2.88. The van der Waals surface area contributed by atoms with E-state index >= 15 is 0 Å². The molecule has 0 amide bonds. The number of unbranched alkanes of at least 4 members (excludes halogenated alkanes) is 1. The van der Waals surface area contributed by atoms with Gasteiger partial charge >= 0.3 is 0 Å². The summed E-state index contributed by atoms with van der Waals surface area (Å²) in [6.45, 7) is 2.35. The summed E-state index contributed by atoms with van der Waals surface area (Å²) in [7, 11) is 5.16. The Kier molecular flexibility index (Phi) is 7.92. The molecule has 0 bridgehead atoms. The molecule has 0 aliphatic heterocycles. The molecule has 3 aromatic rings. The quantitative estimate of drug-likeness (QED) is 0.328. The van der Waals surface area contributed by atoms with Crippen LogP contribution in [0.5, 0.6) is 5.75 Å². The number of rotatable bonds is 11. The van der Waals surface area contributed by atoms with Crippen LogP contribution in [0.25, 0.3) is 21.8 Å². The van der Waals surface area contributed by atoms with E-state index < -0.39 is 0 Å². The average molecular weight is 417 g/mol. The molecule has 0 saturated carbocycles. The topological polar surface area (TPSA) is 52.6 Å². The Morgan fingerprint density at radius 2 is 1.72 bits per heavy atom. The molecule has 29 heavy (non-hydrogen) atoms. The second kappa shape index (κ2) is 10.6. The van der Waals surface area contributed by atoms with E-state index in [1.807, 2.05) is 36.4 Å². The number of methoxy groups -OCH3 is 3. The van der Waals surface area contributed by atoms with E-state index in [1.54, 1.807) is 21.3 Å². The van der Waals surface area contributed by atoms with Gasteiger partial charge in [0.2, 0.25) is 0 Å². The Labute approximate surface area is 177 Å². The molecule has 0 unspecified atom stereocenters. The zero-order chi connectivity index (χ0) is 20.6. The number of benzene rings is 2. The Balaban J connectivity index is 1.77. The van der Waals surface area contributed by atoms with E-state index in [4.69, 9.17) is 30.8 Å². The lowest BCUT2D eigenvalue weighted by molar-refractivity contribution is 0.0794. The fourth-order valence-electron chi connectivity index (χ4n) is 3.67. The SMILES string of the molecule is COCC(CCCCNc1c2ccc(Cl)cc2nc2ccc(OC)cc12)COC. The normalized spacial score (nSPS) is 11.5. The van der Waals surface area contributed by atoms with Crippen LogP contribution in [0.4, 0.5) is 5.69 Å². The van der Waals surface area contributed by atoms with Crippen molar-refractivity contribution in [1.82, 2.24) is 4.98 Å². The first-order valence-corrected chi connectivity index (χ1v) is 10.3. The lowest BCUT2D eigenvalue weighted by Gasteiger charge is -2.16. The molecule has 0 atom stereocenters. The summed E-state index contributed by atoms with van der Waals surface area (Å²) < 4.78 is 16.0. The molecule has 3 rings (SSSR count). The highest BCUT2D eigenvalue weighted by molar-refractivity contribution is 6.31. The maximum Gasteiger partial charge on any atom is 0.119 e. The van der Waals surface area contributed by atoms with Gasteiger partial charge in [-0.25, -0.2) is 4.98 Å². The number of nitrogens with one attached hydrogen (secondary N) is 1. The molecule has 1 aromatic heterocycles. The molecule has 0 spiro atoms. The van der Waals surface area contributed by atoms with Gasteiger partial charge in [0.1, 0.15) is 5.75 Å². The van der Waals surface area contributed by atoms with Crippen molar-refractivity contribution in [3.8, 4) is 5.75 Å². The zero-order valence-corrected chi connectivity index (χ0v) is 18.1. The van der Waals surface area contributed by atoms with Crippen LogP contribution in [-0.4, -0.2) is 46.1 Å². The monoisotopic (exact) mass is 416 g/mol. The van der Waals surface area contributed by atoms with Crippen LogP contribution in [0.3, 0.4) is 0 Å². The van der Waals surface area contributed by atoms with E-state index in [0.29, 0.717) is 10.9 Å². The second-order valence-corrected chi connectivity index (χ2v) is 7.67. The summed E-state index contributed by atoms with van der Waals surface area (Å²) in [4.78, 5) is 4.78. The minimum Gasteiger partial charge on any atom is -0.497 e. The van der Waals surface area contributed by atoms with Crippen molar-refractivity contribution in [1.29, 1.82) is 0 Å². The first-order valence-electron chi connectivity index (χ1n) is 9.95. The fraction of sp³-hybridized carbons (Fsp3) is 0.435. The molecule has 0 aliphatic rings. The third kappa shape index (κ3) is 5.50. The van der Waals surface area contributed by atoms with Gasteiger partial charge in [-0.1, -0.05) is 18.0 Å². The third-order valence-corrected chi connectivity index (χ3v) is 5.32. The molecule has 156 valence electrons. The molecule has 6 heteroatoms. The number of hydrogen-bond acceptors (Lipinski definition) is 5. The van der Waals surface area contributed by atoms with Crippen LogP contribution in [-0.2, 0) is 9.47 Å². The number of aromatic nitrogens is 1. The van der Waals surface area contributed by atoms with Crippen LogP contribution in [0, 0.1) is 5.92 Å². The summed E-state index contributed by atoms with van der Waals surface area (Å²) >= 11 is 6.20. The fourth-order valence-corrected chi connectivity index (χ4v) is 3.84. The molecule has 0 fully saturated rings. The average Bonchev–Trinajstić information content (AvgIpc) is 2.72.